The number of hydrogen-bond acceptors (Lipinski definition) is 3. The summed E-state index contributed by atoms with van der Waals surface area (Å²) in [6.45, 7) is 0.664. The molecular weight excluding hydrogens is 318 g/mol. The summed E-state index contributed by atoms with van der Waals surface area (Å²) in [5.74, 6) is -1.58. The van der Waals surface area contributed by atoms with Gasteiger partial charge in [0, 0.05) is 45.0 Å². The molecule has 1 aliphatic rings. The van der Waals surface area contributed by atoms with E-state index >= 15 is 0 Å². The van der Waals surface area contributed by atoms with Gasteiger partial charge in [0.2, 0.25) is 0 Å². The van der Waals surface area contributed by atoms with E-state index in [9.17, 15) is 22.0 Å². The second kappa shape index (κ2) is 6.55. The molecule has 2 rings (SSSR count). The van der Waals surface area contributed by atoms with Crippen LogP contribution in [0.1, 0.15) is 0 Å². The van der Waals surface area contributed by atoms with Crippen molar-refractivity contribution in [3.63, 3.8) is 0 Å². The number of urea groups is 1. The summed E-state index contributed by atoms with van der Waals surface area (Å²) in [5, 5.41) is 2.38. The molecule has 0 radical (unpaired) electrons. The molecule has 0 atom stereocenters. The second-order valence-corrected chi connectivity index (χ2v) is 6.56. The Hall–Kier alpha value is -1.78. The van der Waals surface area contributed by atoms with Crippen LogP contribution in [0.3, 0.4) is 0 Å². The number of carbonyl (C=O) groups is 1. The highest BCUT2D eigenvalue weighted by atomic mass is 32.2. The van der Waals surface area contributed by atoms with E-state index < -0.39 is 27.9 Å². The van der Waals surface area contributed by atoms with E-state index in [-0.39, 0.29) is 31.9 Å². The molecule has 1 aromatic rings. The zero-order chi connectivity index (χ0) is 16.3. The number of nitrogens with one attached hydrogen (secondary N) is 2. The molecule has 0 spiro atoms. The number of nitrogens with zero attached hydrogens (tertiary/aromatic N) is 2. The molecule has 1 fully saturated rings. The van der Waals surface area contributed by atoms with Crippen LogP contribution < -0.4 is 10.0 Å². The monoisotopic (exact) mass is 334 g/mol. The van der Waals surface area contributed by atoms with Crippen molar-refractivity contribution in [1.29, 1.82) is 0 Å². The Labute approximate surface area is 127 Å². The number of amides is 2. The van der Waals surface area contributed by atoms with Gasteiger partial charge in [-0.1, -0.05) is 0 Å². The van der Waals surface area contributed by atoms with Crippen LogP contribution >= 0.6 is 0 Å². The van der Waals surface area contributed by atoms with Crippen molar-refractivity contribution in [2.24, 2.45) is 0 Å². The number of piperazine rings is 1. The lowest BCUT2D eigenvalue weighted by molar-refractivity contribution is 0.184. The summed E-state index contributed by atoms with van der Waals surface area (Å²) in [5.41, 5.74) is 0.00720. The second-order valence-electron chi connectivity index (χ2n) is 4.68. The van der Waals surface area contributed by atoms with Gasteiger partial charge in [-0.3, -0.25) is 0 Å². The first-order valence-corrected chi connectivity index (χ1v) is 7.96. The van der Waals surface area contributed by atoms with Crippen LogP contribution in [0.25, 0.3) is 0 Å². The summed E-state index contributed by atoms with van der Waals surface area (Å²) < 4.78 is 52.8. The van der Waals surface area contributed by atoms with Crippen LogP contribution in [0.15, 0.2) is 18.2 Å². The van der Waals surface area contributed by atoms with Crippen molar-refractivity contribution in [2.75, 3.05) is 38.5 Å². The molecule has 0 unspecified atom stereocenters. The average Bonchev–Trinajstić information content (AvgIpc) is 2.46. The van der Waals surface area contributed by atoms with E-state index in [1.807, 2.05) is 0 Å². The maximum atomic E-state index is 13.1. The zero-order valence-corrected chi connectivity index (χ0v) is 12.7. The molecule has 122 valence electrons. The number of halogens is 2. The topological polar surface area (TPSA) is 81.8 Å². The maximum absolute atomic E-state index is 13.1. The van der Waals surface area contributed by atoms with Gasteiger partial charge in [0.25, 0.3) is 10.2 Å². The Morgan fingerprint density at radius 1 is 1.09 bits per heavy atom. The van der Waals surface area contributed by atoms with E-state index in [1.54, 1.807) is 0 Å². The minimum Gasteiger partial charge on any atom is -0.322 e. The Kier molecular flexibility index (Phi) is 4.94. The zero-order valence-electron chi connectivity index (χ0n) is 11.8. The standard InChI is InChI=1S/C12H16F2N4O3S/c1-15-22(20,21)18-4-2-17(3-5-18)12(19)16-11-7-9(13)6-10(14)8-11/h6-8,15H,2-5H2,1H3,(H,16,19). The molecule has 2 N–H and O–H groups in total. The molecule has 0 saturated carbocycles. The van der Waals surface area contributed by atoms with Crippen LogP contribution in [0.4, 0.5) is 19.3 Å². The number of rotatable bonds is 3. The first-order valence-electron chi connectivity index (χ1n) is 6.52. The van der Waals surface area contributed by atoms with Gasteiger partial charge in [-0.05, 0) is 12.1 Å². The lowest BCUT2D eigenvalue weighted by Crippen LogP contribution is -2.53. The normalized spacial score (nSPS) is 16.6. The number of carbonyl (C=O) groups excluding carboxylic acids is 1. The van der Waals surface area contributed by atoms with E-state index in [0.29, 0.717) is 6.07 Å². The third-order valence-corrected chi connectivity index (χ3v) is 4.80. The molecule has 0 aliphatic carbocycles. The highest BCUT2D eigenvalue weighted by Gasteiger charge is 2.27. The predicted octanol–water partition coefficient (Wildman–Crippen LogP) is 0.578. The fraction of sp³-hybridized carbons (Fsp3) is 0.417. The molecular formula is C12H16F2N4O3S. The summed E-state index contributed by atoms with van der Waals surface area (Å²) in [6, 6.07) is 2.18. The van der Waals surface area contributed by atoms with E-state index in [1.165, 1.54) is 16.3 Å². The van der Waals surface area contributed by atoms with Crippen LogP contribution in [-0.2, 0) is 10.2 Å². The molecule has 7 nitrogen and oxygen atoms in total. The highest BCUT2D eigenvalue weighted by Crippen LogP contribution is 2.14. The summed E-state index contributed by atoms with van der Waals surface area (Å²) in [4.78, 5) is 13.4. The van der Waals surface area contributed by atoms with Gasteiger partial charge in [-0.15, -0.1) is 0 Å². The van der Waals surface area contributed by atoms with E-state index in [0.717, 1.165) is 12.1 Å². The first-order chi connectivity index (χ1) is 10.3. The van der Waals surface area contributed by atoms with Crippen LogP contribution in [0.5, 0.6) is 0 Å². The molecule has 10 heteroatoms. The Morgan fingerprint density at radius 2 is 1.64 bits per heavy atom. The van der Waals surface area contributed by atoms with Crippen molar-refractivity contribution in [2.45, 2.75) is 0 Å². The van der Waals surface area contributed by atoms with Crippen LogP contribution in [0.2, 0.25) is 0 Å². The van der Waals surface area contributed by atoms with Gasteiger partial charge < -0.3 is 10.2 Å². The van der Waals surface area contributed by atoms with E-state index in [4.69, 9.17) is 0 Å². The average molecular weight is 334 g/mol. The summed E-state index contributed by atoms with van der Waals surface area (Å²) in [7, 11) is -2.20. The minimum absolute atomic E-state index is 0.00720. The highest BCUT2D eigenvalue weighted by molar-refractivity contribution is 7.87. The lowest BCUT2D eigenvalue weighted by Gasteiger charge is -2.33. The maximum Gasteiger partial charge on any atom is 0.321 e. The third kappa shape index (κ3) is 3.90. The van der Waals surface area contributed by atoms with Crippen molar-refractivity contribution < 1.29 is 22.0 Å². The van der Waals surface area contributed by atoms with Gasteiger partial charge in [-0.25, -0.2) is 18.3 Å². The van der Waals surface area contributed by atoms with Gasteiger partial charge in [0.1, 0.15) is 11.6 Å². The minimum atomic E-state index is -3.51. The van der Waals surface area contributed by atoms with Crippen LogP contribution in [-0.4, -0.2) is 56.9 Å². The molecule has 1 aromatic carbocycles. The summed E-state index contributed by atoms with van der Waals surface area (Å²) >= 11 is 0. The quantitative estimate of drug-likeness (QED) is 0.848. The first kappa shape index (κ1) is 16.6. The van der Waals surface area contributed by atoms with Gasteiger partial charge >= 0.3 is 6.03 Å². The smallest absolute Gasteiger partial charge is 0.321 e. The molecule has 0 aromatic heterocycles. The molecule has 1 saturated heterocycles. The van der Waals surface area contributed by atoms with Gasteiger partial charge in [-0.2, -0.15) is 12.7 Å². The lowest BCUT2D eigenvalue weighted by atomic mass is 10.3. The van der Waals surface area contributed by atoms with Gasteiger partial charge in [0.15, 0.2) is 0 Å². The predicted molar refractivity (Wildman–Crippen MR) is 76.5 cm³/mol. The number of hydrogen-bond donors (Lipinski definition) is 2. The molecule has 1 aliphatic heterocycles. The molecule has 22 heavy (non-hydrogen) atoms. The number of anilines is 1. The SMILES string of the molecule is CNS(=O)(=O)N1CCN(C(=O)Nc2cc(F)cc(F)c2)CC1. The Balaban J connectivity index is 1.95. The fourth-order valence-electron chi connectivity index (χ4n) is 2.09. The fourth-order valence-corrected chi connectivity index (χ4v) is 2.99. The molecule has 2 amide bonds. The Morgan fingerprint density at radius 3 is 2.14 bits per heavy atom. The number of benzene rings is 1. The van der Waals surface area contributed by atoms with Crippen LogP contribution in [0, 0.1) is 11.6 Å². The van der Waals surface area contributed by atoms with E-state index in [2.05, 4.69) is 10.0 Å². The van der Waals surface area contributed by atoms with Crippen molar-refractivity contribution >= 4 is 21.9 Å². The largest absolute Gasteiger partial charge is 0.322 e. The Bertz CT molecular complexity index is 640. The van der Waals surface area contributed by atoms with Gasteiger partial charge in [0.05, 0.1) is 0 Å². The summed E-state index contributed by atoms with van der Waals surface area (Å²) in [6.07, 6.45) is 0. The van der Waals surface area contributed by atoms with Crippen molar-refractivity contribution in [3.8, 4) is 0 Å². The van der Waals surface area contributed by atoms with Crippen molar-refractivity contribution in [1.82, 2.24) is 13.9 Å². The molecule has 1 heterocycles. The third-order valence-electron chi connectivity index (χ3n) is 3.24. The van der Waals surface area contributed by atoms with Crippen molar-refractivity contribution in [3.05, 3.63) is 29.8 Å². The molecule has 0 bridgehead atoms.